The third-order valence-corrected chi connectivity index (χ3v) is 3.06. The summed E-state index contributed by atoms with van der Waals surface area (Å²) in [5.41, 5.74) is -1.91. The van der Waals surface area contributed by atoms with E-state index in [0.717, 1.165) is 6.20 Å². The van der Waals surface area contributed by atoms with Crippen molar-refractivity contribution in [3.8, 4) is 5.88 Å². The van der Waals surface area contributed by atoms with E-state index in [2.05, 4.69) is 9.97 Å². The van der Waals surface area contributed by atoms with Crippen LogP contribution in [0, 0.1) is 12.3 Å². The fraction of sp³-hybridized carbons (Fsp3) is 0.545. The van der Waals surface area contributed by atoms with Gasteiger partial charge >= 0.3 is 12.1 Å². The van der Waals surface area contributed by atoms with E-state index in [1.807, 2.05) is 0 Å². The fourth-order valence-corrected chi connectivity index (χ4v) is 1.58. The molecule has 0 saturated heterocycles. The van der Waals surface area contributed by atoms with Gasteiger partial charge in [0.25, 0.3) is 0 Å². The predicted octanol–water partition coefficient (Wildman–Crippen LogP) is 2.20. The molecule has 1 aromatic rings. The zero-order valence-electron chi connectivity index (χ0n) is 9.99. The smallest absolute Gasteiger partial charge is 0.397 e. The van der Waals surface area contributed by atoms with Crippen LogP contribution in [-0.2, 0) is 0 Å². The number of rotatable bonds is 4. The van der Waals surface area contributed by atoms with E-state index < -0.39 is 24.2 Å². The number of carboxylic acid groups (broad SMARTS) is 1. The van der Waals surface area contributed by atoms with Crippen molar-refractivity contribution in [3.63, 3.8) is 0 Å². The molecule has 104 valence electrons. The first kappa shape index (κ1) is 13.6. The number of aromatic nitrogens is 2. The van der Waals surface area contributed by atoms with E-state index >= 15 is 0 Å². The third kappa shape index (κ3) is 2.61. The van der Waals surface area contributed by atoms with Crippen molar-refractivity contribution >= 4 is 5.97 Å². The molecule has 0 bridgehead atoms. The van der Waals surface area contributed by atoms with Crippen LogP contribution >= 0.6 is 0 Å². The zero-order valence-corrected chi connectivity index (χ0v) is 9.99. The molecule has 0 amide bonds. The third-order valence-electron chi connectivity index (χ3n) is 3.06. The normalized spacial score (nSPS) is 17.1. The Morgan fingerprint density at radius 1 is 1.53 bits per heavy atom. The van der Waals surface area contributed by atoms with Gasteiger partial charge in [0, 0.05) is 0 Å². The fourth-order valence-electron chi connectivity index (χ4n) is 1.58. The van der Waals surface area contributed by atoms with Gasteiger partial charge in [0.2, 0.25) is 5.88 Å². The number of aryl methyl sites for hydroxylation is 1. The van der Waals surface area contributed by atoms with Crippen LogP contribution in [0.15, 0.2) is 6.20 Å². The van der Waals surface area contributed by atoms with Crippen LogP contribution in [0.3, 0.4) is 0 Å². The minimum Gasteiger partial charge on any atom is -0.476 e. The van der Waals surface area contributed by atoms with Crippen molar-refractivity contribution in [1.29, 1.82) is 0 Å². The summed E-state index contributed by atoms with van der Waals surface area (Å²) < 4.78 is 43.1. The lowest BCUT2D eigenvalue weighted by Crippen LogP contribution is -2.30. The second kappa shape index (κ2) is 4.36. The number of ether oxygens (including phenoxy) is 1. The lowest BCUT2D eigenvalue weighted by Gasteiger charge is -2.19. The van der Waals surface area contributed by atoms with Crippen LogP contribution in [0.5, 0.6) is 5.88 Å². The van der Waals surface area contributed by atoms with Gasteiger partial charge in [-0.05, 0) is 19.8 Å². The Bertz CT molecular complexity index is 512. The molecule has 1 aromatic heterocycles. The highest BCUT2D eigenvalue weighted by Crippen LogP contribution is 2.57. The summed E-state index contributed by atoms with van der Waals surface area (Å²) in [6.45, 7) is 0.917. The molecule has 0 radical (unpaired) electrons. The number of hydrogen-bond donors (Lipinski definition) is 1. The molecule has 1 aliphatic rings. The number of carbonyl (C=O) groups is 1. The SMILES string of the molecule is Cc1nc(C(=O)O)cnc1OCC1(C(F)(F)F)CC1. The second-order valence-electron chi connectivity index (χ2n) is 4.52. The number of nitrogens with zero attached hydrogens (tertiary/aromatic N) is 2. The van der Waals surface area contributed by atoms with E-state index in [1.165, 1.54) is 6.92 Å². The quantitative estimate of drug-likeness (QED) is 0.912. The standard InChI is InChI=1S/C11H11F3N2O3/c1-6-8(15-4-7(16-6)9(17)18)19-5-10(2-3-10)11(12,13)14/h4H,2-3,5H2,1H3,(H,17,18). The molecule has 5 nitrogen and oxygen atoms in total. The summed E-state index contributed by atoms with van der Waals surface area (Å²) in [6, 6.07) is 0. The Kier molecular flexibility index (Phi) is 3.11. The molecule has 1 N–H and O–H groups in total. The van der Waals surface area contributed by atoms with E-state index in [0.29, 0.717) is 0 Å². The molecular weight excluding hydrogens is 265 g/mol. The average molecular weight is 276 g/mol. The van der Waals surface area contributed by atoms with E-state index in [1.54, 1.807) is 0 Å². The number of hydrogen-bond acceptors (Lipinski definition) is 4. The minimum atomic E-state index is -4.30. The molecule has 1 heterocycles. The van der Waals surface area contributed by atoms with Crippen LogP contribution in [0.4, 0.5) is 13.2 Å². The van der Waals surface area contributed by atoms with Crippen molar-refractivity contribution < 1.29 is 27.8 Å². The van der Waals surface area contributed by atoms with Crippen molar-refractivity contribution in [2.24, 2.45) is 5.41 Å². The first-order valence-corrected chi connectivity index (χ1v) is 5.52. The topological polar surface area (TPSA) is 72.3 Å². The van der Waals surface area contributed by atoms with Crippen molar-refractivity contribution in [2.75, 3.05) is 6.61 Å². The Balaban J connectivity index is 2.07. The minimum absolute atomic E-state index is 0.0379. The van der Waals surface area contributed by atoms with Gasteiger partial charge in [0.05, 0.1) is 6.20 Å². The molecule has 1 fully saturated rings. The van der Waals surface area contributed by atoms with E-state index in [9.17, 15) is 18.0 Å². The monoisotopic (exact) mass is 276 g/mol. The van der Waals surface area contributed by atoms with E-state index in [4.69, 9.17) is 9.84 Å². The van der Waals surface area contributed by atoms with Crippen LogP contribution in [0.1, 0.15) is 29.0 Å². The summed E-state index contributed by atoms with van der Waals surface area (Å²) >= 11 is 0. The maximum Gasteiger partial charge on any atom is 0.397 e. The molecule has 0 spiro atoms. The largest absolute Gasteiger partial charge is 0.476 e. The van der Waals surface area contributed by atoms with Gasteiger partial charge in [-0.3, -0.25) is 0 Å². The molecule has 1 saturated carbocycles. The maximum atomic E-state index is 12.7. The van der Waals surface area contributed by atoms with Gasteiger partial charge in [-0.2, -0.15) is 13.2 Å². The Hall–Kier alpha value is -1.86. The Labute approximate surface area is 106 Å². The molecule has 2 rings (SSSR count). The highest BCUT2D eigenvalue weighted by Gasteiger charge is 2.64. The molecule has 19 heavy (non-hydrogen) atoms. The Morgan fingerprint density at radius 2 is 2.16 bits per heavy atom. The molecule has 8 heteroatoms. The molecule has 0 aromatic carbocycles. The highest BCUT2D eigenvalue weighted by atomic mass is 19.4. The maximum absolute atomic E-state index is 12.7. The van der Waals surface area contributed by atoms with Crippen LogP contribution < -0.4 is 4.74 Å². The zero-order chi connectivity index (χ0) is 14.3. The highest BCUT2D eigenvalue weighted by molar-refractivity contribution is 5.84. The molecule has 0 atom stereocenters. The van der Waals surface area contributed by atoms with Gasteiger partial charge < -0.3 is 9.84 Å². The van der Waals surface area contributed by atoms with Gasteiger partial charge in [-0.15, -0.1) is 0 Å². The van der Waals surface area contributed by atoms with Crippen molar-refractivity contribution in [3.05, 3.63) is 17.6 Å². The average Bonchev–Trinajstić information content (AvgIpc) is 3.07. The first-order valence-electron chi connectivity index (χ1n) is 5.52. The van der Waals surface area contributed by atoms with Crippen LogP contribution in [0.25, 0.3) is 0 Å². The van der Waals surface area contributed by atoms with Crippen molar-refractivity contribution in [1.82, 2.24) is 9.97 Å². The number of carboxylic acids is 1. The van der Waals surface area contributed by atoms with Crippen LogP contribution in [-0.4, -0.2) is 33.8 Å². The lowest BCUT2D eigenvalue weighted by molar-refractivity contribution is -0.194. The summed E-state index contributed by atoms with van der Waals surface area (Å²) in [4.78, 5) is 18.0. The van der Waals surface area contributed by atoms with Crippen LogP contribution in [0.2, 0.25) is 0 Å². The summed E-state index contributed by atoms with van der Waals surface area (Å²) in [5.74, 6) is -1.32. The molecular formula is C11H11F3N2O3. The Morgan fingerprint density at radius 3 is 2.58 bits per heavy atom. The van der Waals surface area contributed by atoms with Gasteiger partial charge in [-0.1, -0.05) is 0 Å². The number of aromatic carboxylic acids is 1. The summed E-state index contributed by atoms with van der Waals surface area (Å²) in [7, 11) is 0. The lowest BCUT2D eigenvalue weighted by atomic mass is 10.1. The molecule has 0 aliphatic heterocycles. The summed E-state index contributed by atoms with van der Waals surface area (Å²) in [6.07, 6.45) is -3.26. The summed E-state index contributed by atoms with van der Waals surface area (Å²) in [5, 5.41) is 8.68. The van der Waals surface area contributed by atoms with Crippen molar-refractivity contribution in [2.45, 2.75) is 25.9 Å². The van der Waals surface area contributed by atoms with E-state index in [-0.39, 0.29) is 30.1 Å². The first-order chi connectivity index (χ1) is 8.75. The second-order valence-corrected chi connectivity index (χ2v) is 4.52. The molecule has 1 aliphatic carbocycles. The predicted molar refractivity (Wildman–Crippen MR) is 56.9 cm³/mol. The number of halogens is 3. The van der Waals surface area contributed by atoms with Gasteiger partial charge in [0.1, 0.15) is 17.7 Å². The number of alkyl halides is 3. The van der Waals surface area contributed by atoms with Gasteiger partial charge in [-0.25, -0.2) is 14.8 Å². The molecule has 0 unspecified atom stereocenters. The van der Waals surface area contributed by atoms with Gasteiger partial charge in [0.15, 0.2) is 5.69 Å².